The van der Waals surface area contributed by atoms with E-state index in [1.165, 1.54) is 19.3 Å². The first-order chi connectivity index (χ1) is 10.6. The van der Waals surface area contributed by atoms with Gasteiger partial charge in [-0.05, 0) is 45.4 Å². The molecule has 0 aromatic heterocycles. The van der Waals surface area contributed by atoms with Gasteiger partial charge >= 0.3 is 6.09 Å². The Hall–Kier alpha value is -1.26. The van der Waals surface area contributed by atoms with Crippen LogP contribution >= 0.6 is 0 Å². The lowest BCUT2D eigenvalue weighted by Gasteiger charge is -2.39. The van der Waals surface area contributed by atoms with Crippen molar-refractivity contribution in [2.24, 2.45) is 17.8 Å². The number of piperidine rings is 1. The van der Waals surface area contributed by atoms with Crippen LogP contribution in [0.25, 0.3) is 0 Å². The van der Waals surface area contributed by atoms with Crippen molar-refractivity contribution in [2.45, 2.75) is 71.9 Å². The molecule has 2 rings (SSSR count). The highest BCUT2D eigenvalue weighted by molar-refractivity contribution is 5.78. The van der Waals surface area contributed by atoms with Crippen LogP contribution in [0.1, 0.15) is 60.3 Å². The van der Waals surface area contributed by atoms with Gasteiger partial charge in [-0.3, -0.25) is 4.79 Å². The van der Waals surface area contributed by atoms with Gasteiger partial charge in [0.2, 0.25) is 5.91 Å². The predicted octanol–water partition coefficient (Wildman–Crippen LogP) is 3.18. The van der Waals surface area contributed by atoms with Crippen molar-refractivity contribution in [1.82, 2.24) is 10.2 Å². The molecular formula is C18H32N2O3. The summed E-state index contributed by atoms with van der Waals surface area (Å²) in [5.41, 5.74) is -0.500. The lowest BCUT2D eigenvalue weighted by molar-refractivity contribution is -0.137. The topological polar surface area (TPSA) is 58.6 Å². The average Bonchev–Trinajstić information content (AvgIpc) is 3.18. The fourth-order valence-electron chi connectivity index (χ4n) is 3.32. The summed E-state index contributed by atoms with van der Waals surface area (Å²) in [6.07, 6.45) is 4.37. The molecule has 2 atom stereocenters. The molecule has 2 fully saturated rings. The van der Waals surface area contributed by atoms with Crippen LogP contribution in [-0.2, 0) is 9.53 Å². The summed E-state index contributed by atoms with van der Waals surface area (Å²) in [7, 11) is 0. The highest BCUT2D eigenvalue weighted by atomic mass is 16.6. The molecule has 2 aliphatic rings. The van der Waals surface area contributed by atoms with E-state index in [1.54, 1.807) is 0 Å². The Morgan fingerprint density at radius 2 is 1.83 bits per heavy atom. The molecule has 132 valence electrons. The highest BCUT2D eigenvalue weighted by Gasteiger charge is 2.35. The third-order valence-corrected chi connectivity index (χ3v) is 4.43. The molecule has 0 radical (unpaired) electrons. The average molecular weight is 324 g/mol. The minimum atomic E-state index is -0.500. The molecule has 2 amide bonds. The first kappa shape index (κ1) is 18.1. The van der Waals surface area contributed by atoms with Crippen LogP contribution in [-0.4, -0.2) is 41.6 Å². The van der Waals surface area contributed by atoms with E-state index in [0.29, 0.717) is 12.5 Å². The summed E-state index contributed by atoms with van der Waals surface area (Å²) >= 11 is 0. The molecule has 0 bridgehead atoms. The summed E-state index contributed by atoms with van der Waals surface area (Å²) in [6, 6.07) is -0.00921. The molecule has 5 nitrogen and oxygen atoms in total. The number of rotatable bonds is 4. The Bertz CT molecular complexity index is 438. The SMILES string of the molecule is CC(C)C(=O)N1CC(CC2CC2)CC(NC(=O)OC(C)(C)C)C1. The molecule has 1 aliphatic heterocycles. The van der Waals surface area contributed by atoms with Crippen molar-refractivity contribution in [3.63, 3.8) is 0 Å². The molecular weight excluding hydrogens is 292 g/mol. The van der Waals surface area contributed by atoms with E-state index in [2.05, 4.69) is 5.32 Å². The van der Waals surface area contributed by atoms with Crippen molar-refractivity contribution in [2.75, 3.05) is 13.1 Å². The molecule has 0 spiro atoms. The third kappa shape index (κ3) is 6.04. The molecule has 1 saturated carbocycles. The number of hydrogen-bond acceptors (Lipinski definition) is 3. The Morgan fingerprint density at radius 1 is 1.17 bits per heavy atom. The van der Waals surface area contributed by atoms with E-state index in [-0.39, 0.29) is 24.0 Å². The fourth-order valence-corrected chi connectivity index (χ4v) is 3.32. The number of ether oxygens (including phenoxy) is 1. The predicted molar refractivity (Wildman–Crippen MR) is 90.0 cm³/mol. The molecule has 0 aromatic carbocycles. The molecule has 1 heterocycles. The summed E-state index contributed by atoms with van der Waals surface area (Å²) < 4.78 is 5.36. The number of amides is 2. The maximum Gasteiger partial charge on any atom is 0.407 e. The van der Waals surface area contributed by atoms with Gasteiger partial charge in [-0.15, -0.1) is 0 Å². The maximum atomic E-state index is 12.4. The van der Waals surface area contributed by atoms with E-state index < -0.39 is 5.60 Å². The summed E-state index contributed by atoms with van der Waals surface area (Å²) in [6.45, 7) is 10.9. The van der Waals surface area contributed by atoms with Gasteiger partial charge in [0, 0.05) is 19.0 Å². The van der Waals surface area contributed by atoms with E-state index in [1.807, 2.05) is 39.5 Å². The second-order valence-corrected chi connectivity index (χ2v) is 8.52. The minimum absolute atomic E-state index is 0.00292. The van der Waals surface area contributed by atoms with E-state index in [4.69, 9.17) is 4.74 Å². The summed E-state index contributed by atoms with van der Waals surface area (Å²) in [4.78, 5) is 26.4. The van der Waals surface area contributed by atoms with Crippen LogP contribution < -0.4 is 5.32 Å². The van der Waals surface area contributed by atoms with Crippen LogP contribution in [0.15, 0.2) is 0 Å². The largest absolute Gasteiger partial charge is 0.444 e. The van der Waals surface area contributed by atoms with Crippen LogP contribution in [0.4, 0.5) is 4.79 Å². The number of alkyl carbamates (subject to hydrolysis) is 1. The monoisotopic (exact) mass is 324 g/mol. The lowest BCUT2D eigenvalue weighted by atomic mass is 9.89. The second-order valence-electron chi connectivity index (χ2n) is 8.52. The van der Waals surface area contributed by atoms with Crippen LogP contribution in [0.3, 0.4) is 0 Å². The number of nitrogens with one attached hydrogen (secondary N) is 1. The fraction of sp³-hybridized carbons (Fsp3) is 0.889. The zero-order valence-electron chi connectivity index (χ0n) is 15.2. The van der Waals surface area contributed by atoms with Gasteiger partial charge in [-0.2, -0.15) is 0 Å². The Morgan fingerprint density at radius 3 is 2.35 bits per heavy atom. The van der Waals surface area contributed by atoms with Gasteiger partial charge in [0.15, 0.2) is 0 Å². The molecule has 0 aromatic rings. The molecule has 5 heteroatoms. The lowest BCUT2D eigenvalue weighted by Crippen LogP contribution is -2.54. The Balaban J connectivity index is 1.96. The van der Waals surface area contributed by atoms with Gasteiger partial charge in [0.05, 0.1) is 6.04 Å². The van der Waals surface area contributed by atoms with Crippen LogP contribution in [0.2, 0.25) is 0 Å². The number of carbonyl (C=O) groups excluding carboxylic acids is 2. The van der Waals surface area contributed by atoms with Crippen molar-refractivity contribution in [1.29, 1.82) is 0 Å². The first-order valence-electron chi connectivity index (χ1n) is 8.92. The zero-order chi connectivity index (χ0) is 17.2. The summed E-state index contributed by atoms with van der Waals surface area (Å²) in [5, 5.41) is 2.97. The van der Waals surface area contributed by atoms with Crippen LogP contribution in [0.5, 0.6) is 0 Å². The first-order valence-corrected chi connectivity index (χ1v) is 8.92. The second kappa shape index (κ2) is 7.10. The smallest absolute Gasteiger partial charge is 0.407 e. The van der Waals surface area contributed by atoms with E-state index >= 15 is 0 Å². The van der Waals surface area contributed by atoms with Crippen molar-refractivity contribution < 1.29 is 14.3 Å². The number of hydrogen-bond donors (Lipinski definition) is 1. The maximum absolute atomic E-state index is 12.4. The summed E-state index contributed by atoms with van der Waals surface area (Å²) in [5.74, 6) is 1.49. The Labute approximate surface area is 140 Å². The van der Waals surface area contributed by atoms with Gasteiger partial charge in [-0.25, -0.2) is 4.79 Å². The van der Waals surface area contributed by atoms with Crippen molar-refractivity contribution in [3.8, 4) is 0 Å². The van der Waals surface area contributed by atoms with Gasteiger partial charge in [-0.1, -0.05) is 26.7 Å². The highest BCUT2D eigenvalue weighted by Crippen LogP contribution is 2.38. The number of nitrogens with zero attached hydrogens (tertiary/aromatic N) is 1. The van der Waals surface area contributed by atoms with Crippen molar-refractivity contribution in [3.05, 3.63) is 0 Å². The van der Waals surface area contributed by atoms with Crippen molar-refractivity contribution >= 4 is 12.0 Å². The molecule has 1 saturated heterocycles. The normalized spacial score (nSPS) is 25.4. The minimum Gasteiger partial charge on any atom is -0.444 e. The molecule has 1 N–H and O–H groups in total. The quantitative estimate of drug-likeness (QED) is 0.864. The third-order valence-electron chi connectivity index (χ3n) is 4.43. The number of likely N-dealkylation sites (tertiary alicyclic amines) is 1. The zero-order valence-corrected chi connectivity index (χ0v) is 15.2. The van der Waals surface area contributed by atoms with Gasteiger partial charge < -0.3 is 15.0 Å². The van der Waals surface area contributed by atoms with E-state index in [9.17, 15) is 9.59 Å². The Kier molecular flexibility index (Phi) is 5.58. The molecule has 2 unspecified atom stereocenters. The standard InChI is InChI=1S/C18H32N2O3/c1-12(2)16(21)20-10-14(8-13-6-7-13)9-15(11-20)19-17(22)23-18(3,4)5/h12-15H,6-11H2,1-5H3,(H,19,22). The molecule has 23 heavy (non-hydrogen) atoms. The van der Waals surface area contributed by atoms with Gasteiger partial charge in [0.1, 0.15) is 5.60 Å². The molecule has 1 aliphatic carbocycles. The van der Waals surface area contributed by atoms with Crippen LogP contribution in [0, 0.1) is 17.8 Å². The number of carbonyl (C=O) groups is 2. The van der Waals surface area contributed by atoms with Gasteiger partial charge in [0.25, 0.3) is 0 Å². The van der Waals surface area contributed by atoms with E-state index in [0.717, 1.165) is 18.9 Å².